The first-order chi connectivity index (χ1) is 16.0. The molecule has 1 aliphatic heterocycles. The van der Waals surface area contributed by atoms with Gasteiger partial charge in [0.1, 0.15) is 11.6 Å². The van der Waals surface area contributed by atoms with Gasteiger partial charge in [0, 0.05) is 48.4 Å². The monoisotopic (exact) mass is 440 g/mol. The molecule has 0 radical (unpaired) electrons. The van der Waals surface area contributed by atoms with Crippen molar-refractivity contribution < 1.29 is 14.3 Å². The van der Waals surface area contributed by atoms with E-state index in [1.165, 1.54) is 12.5 Å². The molecule has 4 rings (SSSR count). The number of ether oxygens (including phenoxy) is 1. The van der Waals surface area contributed by atoms with Gasteiger partial charge in [0.05, 0.1) is 11.1 Å². The van der Waals surface area contributed by atoms with E-state index in [-0.39, 0.29) is 11.3 Å². The quantitative estimate of drug-likeness (QED) is 0.356. The van der Waals surface area contributed by atoms with Gasteiger partial charge >= 0.3 is 5.97 Å². The predicted molar refractivity (Wildman–Crippen MR) is 124 cm³/mol. The van der Waals surface area contributed by atoms with Crippen molar-refractivity contribution in [1.29, 1.82) is 5.26 Å². The van der Waals surface area contributed by atoms with Crippen molar-refractivity contribution in [3.8, 4) is 6.07 Å². The molecular formula is C26H24N4O3. The number of carbonyl (C=O) groups excluding carboxylic acids is 2. The second kappa shape index (κ2) is 9.63. The lowest BCUT2D eigenvalue weighted by atomic mass is 9.95. The van der Waals surface area contributed by atoms with E-state index in [1.807, 2.05) is 42.5 Å². The maximum absolute atomic E-state index is 13.2. The van der Waals surface area contributed by atoms with Crippen LogP contribution in [-0.2, 0) is 29.0 Å². The molecule has 0 bridgehead atoms. The Morgan fingerprint density at radius 1 is 1.15 bits per heavy atom. The van der Waals surface area contributed by atoms with E-state index in [9.17, 15) is 9.59 Å². The van der Waals surface area contributed by atoms with Crippen LogP contribution in [-0.4, -0.2) is 34.8 Å². The van der Waals surface area contributed by atoms with Gasteiger partial charge in [-0.1, -0.05) is 48.5 Å². The highest BCUT2D eigenvalue weighted by atomic mass is 16.5. The van der Waals surface area contributed by atoms with Crippen LogP contribution in [0.4, 0.5) is 0 Å². The van der Waals surface area contributed by atoms with E-state index in [0.29, 0.717) is 29.4 Å². The number of fused-ring (bicyclic) bond motifs is 2. The molecule has 33 heavy (non-hydrogen) atoms. The standard InChI is InChI=1S/C26H24N4O3/c1-17(28)20(13-27)24(31)16-33-26(32)25-19-9-5-6-10-22(19)29-23-11-12-30(15-21(23)25)14-18-7-3-2-4-8-18/h2-10H,11-12,14-16,28H2,1H3/b20-17+. The van der Waals surface area contributed by atoms with Crippen LogP contribution < -0.4 is 5.73 Å². The van der Waals surface area contributed by atoms with Crippen molar-refractivity contribution in [1.82, 2.24) is 9.88 Å². The number of benzene rings is 2. The molecule has 7 nitrogen and oxygen atoms in total. The molecular weight excluding hydrogens is 416 g/mol. The molecule has 2 N–H and O–H groups in total. The molecule has 3 aromatic rings. The molecule has 1 aliphatic rings. The van der Waals surface area contributed by atoms with Crippen molar-refractivity contribution in [2.75, 3.05) is 13.2 Å². The molecule has 0 spiro atoms. The van der Waals surface area contributed by atoms with Crippen LogP contribution in [0.1, 0.15) is 34.1 Å². The van der Waals surface area contributed by atoms with Crippen molar-refractivity contribution >= 4 is 22.7 Å². The molecule has 0 fully saturated rings. The molecule has 0 aliphatic carbocycles. The van der Waals surface area contributed by atoms with E-state index in [1.54, 1.807) is 6.07 Å². The zero-order valence-corrected chi connectivity index (χ0v) is 18.4. The third-order valence-electron chi connectivity index (χ3n) is 5.70. The van der Waals surface area contributed by atoms with Gasteiger partial charge in [-0.3, -0.25) is 14.7 Å². The van der Waals surface area contributed by atoms with E-state index < -0.39 is 18.4 Å². The van der Waals surface area contributed by atoms with Gasteiger partial charge in [0.15, 0.2) is 6.61 Å². The minimum Gasteiger partial charge on any atom is -0.454 e. The third-order valence-corrected chi connectivity index (χ3v) is 5.70. The number of nitriles is 1. The second-order valence-electron chi connectivity index (χ2n) is 8.04. The Bertz CT molecular complexity index is 1290. The average Bonchev–Trinajstić information content (AvgIpc) is 2.82. The number of aromatic nitrogens is 1. The number of nitrogens with two attached hydrogens (primary N) is 1. The first-order valence-corrected chi connectivity index (χ1v) is 10.7. The molecule has 0 unspecified atom stereocenters. The smallest absolute Gasteiger partial charge is 0.339 e. The number of Topliss-reactive ketones (excluding diaryl/α,β-unsaturated/α-hetero) is 1. The highest BCUT2D eigenvalue weighted by Gasteiger charge is 2.27. The SMILES string of the molecule is C/C(N)=C(/C#N)C(=O)COC(=O)c1c2c(nc3ccccc13)CCN(Cc1ccccc1)C2. The Morgan fingerprint density at radius 3 is 2.61 bits per heavy atom. The molecule has 0 saturated heterocycles. The summed E-state index contributed by atoms with van der Waals surface area (Å²) in [6, 6.07) is 19.3. The number of hydrogen-bond acceptors (Lipinski definition) is 7. The van der Waals surface area contributed by atoms with Crippen LogP contribution in [0.15, 0.2) is 65.9 Å². The zero-order chi connectivity index (χ0) is 23.4. The number of ketones is 1. The molecule has 7 heteroatoms. The minimum absolute atomic E-state index is 0.0989. The molecule has 0 atom stereocenters. The summed E-state index contributed by atoms with van der Waals surface area (Å²) < 4.78 is 5.37. The second-order valence-corrected chi connectivity index (χ2v) is 8.04. The highest BCUT2D eigenvalue weighted by molar-refractivity contribution is 6.07. The van der Waals surface area contributed by atoms with E-state index in [4.69, 9.17) is 20.7 Å². The number of nitrogens with zero attached hydrogens (tertiary/aromatic N) is 3. The Kier molecular flexibility index (Phi) is 6.48. The van der Waals surface area contributed by atoms with E-state index in [2.05, 4.69) is 17.0 Å². The summed E-state index contributed by atoms with van der Waals surface area (Å²) in [6.45, 7) is 3.05. The zero-order valence-electron chi connectivity index (χ0n) is 18.4. The topological polar surface area (TPSA) is 109 Å². The maximum Gasteiger partial charge on any atom is 0.339 e. The number of allylic oxidation sites excluding steroid dienone is 1. The predicted octanol–water partition coefficient (Wildman–Crippen LogP) is 3.28. The summed E-state index contributed by atoms with van der Waals surface area (Å²) >= 11 is 0. The number of para-hydroxylation sites is 1. The lowest BCUT2D eigenvalue weighted by Gasteiger charge is -2.30. The molecule has 2 aromatic carbocycles. The van der Waals surface area contributed by atoms with Crippen LogP contribution in [0, 0.1) is 11.3 Å². The average molecular weight is 441 g/mol. The van der Waals surface area contributed by atoms with Gasteiger partial charge in [0.25, 0.3) is 0 Å². The van der Waals surface area contributed by atoms with Crippen LogP contribution in [0.3, 0.4) is 0 Å². The first-order valence-electron chi connectivity index (χ1n) is 10.7. The fraction of sp³-hybridized carbons (Fsp3) is 0.231. The summed E-state index contributed by atoms with van der Waals surface area (Å²) in [5, 5.41) is 9.82. The Morgan fingerprint density at radius 2 is 1.88 bits per heavy atom. The largest absolute Gasteiger partial charge is 0.454 e. The fourth-order valence-electron chi connectivity index (χ4n) is 4.10. The lowest BCUT2D eigenvalue weighted by Crippen LogP contribution is -2.32. The number of carbonyl (C=O) groups is 2. The van der Waals surface area contributed by atoms with Crippen molar-refractivity contribution in [2.45, 2.75) is 26.4 Å². The maximum atomic E-state index is 13.2. The number of pyridine rings is 1. The summed E-state index contributed by atoms with van der Waals surface area (Å²) in [5.74, 6) is -1.23. The minimum atomic E-state index is -0.621. The molecule has 166 valence electrons. The van der Waals surface area contributed by atoms with E-state index >= 15 is 0 Å². The summed E-state index contributed by atoms with van der Waals surface area (Å²) in [7, 11) is 0. The van der Waals surface area contributed by atoms with Crippen molar-refractivity contribution in [2.24, 2.45) is 5.73 Å². The number of hydrogen-bond donors (Lipinski definition) is 1. The number of rotatable bonds is 6. The van der Waals surface area contributed by atoms with Crippen LogP contribution in [0.25, 0.3) is 10.9 Å². The fourth-order valence-corrected chi connectivity index (χ4v) is 4.10. The lowest BCUT2D eigenvalue weighted by molar-refractivity contribution is -0.118. The van der Waals surface area contributed by atoms with Gasteiger partial charge in [-0.2, -0.15) is 5.26 Å². The normalized spacial score (nSPS) is 14.2. The Balaban J connectivity index is 1.65. The van der Waals surface area contributed by atoms with Gasteiger partial charge in [0.2, 0.25) is 5.78 Å². The van der Waals surface area contributed by atoms with Crippen molar-refractivity contribution in [3.05, 3.63) is 88.3 Å². The third kappa shape index (κ3) is 4.76. The summed E-state index contributed by atoms with van der Waals surface area (Å²) in [4.78, 5) is 32.6. The van der Waals surface area contributed by atoms with Gasteiger partial charge < -0.3 is 10.5 Å². The van der Waals surface area contributed by atoms with E-state index in [0.717, 1.165) is 24.3 Å². The van der Waals surface area contributed by atoms with Crippen molar-refractivity contribution in [3.63, 3.8) is 0 Å². The van der Waals surface area contributed by atoms with Crippen LogP contribution in [0.2, 0.25) is 0 Å². The highest BCUT2D eigenvalue weighted by Crippen LogP contribution is 2.29. The summed E-state index contributed by atoms with van der Waals surface area (Å²) in [5.41, 5.74) is 9.51. The number of esters is 1. The molecule has 1 aromatic heterocycles. The van der Waals surface area contributed by atoms with Gasteiger partial charge in [-0.15, -0.1) is 0 Å². The van der Waals surface area contributed by atoms with Gasteiger partial charge in [-0.25, -0.2) is 4.79 Å². The van der Waals surface area contributed by atoms with Crippen LogP contribution >= 0.6 is 0 Å². The summed E-state index contributed by atoms with van der Waals surface area (Å²) in [6.07, 6.45) is 0.708. The Labute approximate surface area is 192 Å². The van der Waals surface area contributed by atoms with Gasteiger partial charge in [-0.05, 0) is 18.6 Å². The molecule has 0 amide bonds. The van der Waals surface area contributed by atoms with Crippen LogP contribution in [0.5, 0.6) is 0 Å². The molecule has 2 heterocycles. The first kappa shape index (κ1) is 22.2. The Hall–Kier alpha value is -4.02. The molecule has 0 saturated carbocycles.